The van der Waals surface area contributed by atoms with Gasteiger partial charge in [-0.25, -0.2) is 0 Å². The van der Waals surface area contributed by atoms with Crippen LogP contribution < -0.4 is 11.1 Å². The van der Waals surface area contributed by atoms with E-state index in [2.05, 4.69) is 5.32 Å². The van der Waals surface area contributed by atoms with Gasteiger partial charge in [0.15, 0.2) is 0 Å². The number of anilines is 1. The molecule has 106 valence electrons. The van der Waals surface area contributed by atoms with Crippen molar-refractivity contribution in [1.29, 1.82) is 0 Å². The third-order valence-corrected chi connectivity index (χ3v) is 2.76. The second kappa shape index (κ2) is 5.95. The van der Waals surface area contributed by atoms with Crippen LogP contribution in [0.15, 0.2) is 18.2 Å². The van der Waals surface area contributed by atoms with Gasteiger partial charge in [0.05, 0.1) is 16.8 Å². The summed E-state index contributed by atoms with van der Waals surface area (Å²) >= 11 is 0. The molecule has 19 heavy (non-hydrogen) atoms. The number of alkyl halides is 3. The second-order valence-electron chi connectivity index (χ2n) is 4.43. The second-order valence-corrected chi connectivity index (χ2v) is 4.43. The first-order chi connectivity index (χ1) is 8.77. The molecule has 1 amide bonds. The van der Waals surface area contributed by atoms with Gasteiger partial charge >= 0.3 is 6.18 Å². The Morgan fingerprint density at radius 3 is 2.58 bits per heavy atom. The van der Waals surface area contributed by atoms with E-state index in [-0.39, 0.29) is 11.6 Å². The molecule has 0 saturated heterocycles. The standard InChI is InChI=1S/C13H17F3N2O/c1-3-5-8(2)18-12(19)9-6-4-7-10(11(9)17)13(14,15)16/h4,6-8H,3,5,17H2,1-2H3,(H,18,19). The fraction of sp³-hybridized carbons (Fsp3) is 0.462. The molecule has 3 N–H and O–H groups in total. The topological polar surface area (TPSA) is 55.1 Å². The zero-order chi connectivity index (χ0) is 14.6. The molecule has 1 rings (SSSR count). The van der Waals surface area contributed by atoms with E-state index in [1.54, 1.807) is 6.92 Å². The third-order valence-electron chi connectivity index (χ3n) is 2.76. The third kappa shape index (κ3) is 3.87. The summed E-state index contributed by atoms with van der Waals surface area (Å²) < 4.78 is 38.0. The number of nitrogen functional groups attached to an aromatic ring is 1. The van der Waals surface area contributed by atoms with Gasteiger partial charge in [-0.3, -0.25) is 4.79 Å². The smallest absolute Gasteiger partial charge is 0.398 e. The van der Waals surface area contributed by atoms with Crippen molar-refractivity contribution in [1.82, 2.24) is 5.32 Å². The number of amides is 1. The predicted octanol–water partition coefficient (Wildman–Crippen LogP) is 3.21. The highest BCUT2D eigenvalue weighted by Gasteiger charge is 2.34. The lowest BCUT2D eigenvalue weighted by Gasteiger charge is -2.16. The fourth-order valence-electron chi connectivity index (χ4n) is 1.82. The molecular formula is C13H17F3N2O. The van der Waals surface area contributed by atoms with Crippen molar-refractivity contribution in [2.24, 2.45) is 0 Å². The molecule has 0 spiro atoms. The van der Waals surface area contributed by atoms with E-state index >= 15 is 0 Å². The Hall–Kier alpha value is -1.72. The van der Waals surface area contributed by atoms with Crippen molar-refractivity contribution < 1.29 is 18.0 Å². The van der Waals surface area contributed by atoms with Gasteiger partial charge in [-0.15, -0.1) is 0 Å². The minimum Gasteiger partial charge on any atom is -0.398 e. The summed E-state index contributed by atoms with van der Waals surface area (Å²) in [7, 11) is 0. The summed E-state index contributed by atoms with van der Waals surface area (Å²) in [6, 6.07) is 3.23. The first-order valence-electron chi connectivity index (χ1n) is 6.04. The highest BCUT2D eigenvalue weighted by atomic mass is 19.4. The number of carbonyl (C=O) groups is 1. The predicted molar refractivity (Wildman–Crippen MR) is 67.7 cm³/mol. The molecule has 0 saturated carbocycles. The van der Waals surface area contributed by atoms with Crippen LogP contribution >= 0.6 is 0 Å². The molecule has 0 radical (unpaired) electrons. The molecule has 0 aliphatic rings. The highest BCUT2D eigenvalue weighted by molar-refractivity contribution is 6.00. The van der Waals surface area contributed by atoms with Gasteiger partial charge in [-0.2, -0.15) is 13.2 Å². The number of nitrogens with two attached hydrogens (primary N) is 1. The van der Waals surface area contributed by atoms with Gasteiger partial charge in [0.2, 0.25) is 0 Å². The van der Waals surface area contributed by atoms with Crippen LogP contribution in [0.3, 0.4) is 0 Å². The van der Waals surface area contributed by atoms with Crippen LogP contribution in [0.1, 0.15) is 42.6 Å². The van der Waals surface area contributed by atoms with Crippen molar-refractivity contribution in [3.05, 3.63) is 29.3 Å². The van der Waals surface area contributed by atoms with Gasteiger partial charge < -0.3 is 11.1 Å². The summed E-state index contributed by atoms with van der Waals surface area (Å²) in [5.74, 6) is -0.579. The zero-order valence-corrected chi connectivity index (χ0v) is 10.8. The van der Waals surface area contributed by atoms with Crippen molar-refractivity contribution in [2.45, 2.75) is 38.9 Å². The van der Waals surface area contributed by atoms with E-state index in [0.717, 1.165) is 18.9 Å². The largest absolute Gasteiger partial charge is 0.418 e. The van der Waals surface area contributed by atoms with Crippen LogP contribution in [-0.4, -0.2) is 11.9 Å². The van der Waals surface area contributed by atoms with Gasteiger partial charge in [0.25, 0.3) is 5.91 Å². The minimum absolute atomic E-state index is 0.105. The van der Waals surface area contributed by atoms with Crippen LogP contribution in [0.4, 0.5) is 18.9 Å². The quantitative estimate of drug-likeness (QED) is 0.828. The average Bonchev–Trinajstić information content (AvgIpc) is 2.27. The number of hydrogen-bond donors (Lipinski definition) is 2. The maximum Gasteiger partial charge on any atom is 0.418 e. The lowest BCUT2D eigenvalue weighted by atomic mass is 10.1. The molecule has 1 aromatic rings. The SMILES string of the molecule is CCCC(C)NC(=O)c1cccc(C(F)(F)F)c1N. The van der Waals surface area contributed by atoms with Crippen LogP contribution in [0, 0.1) is 0 Å². The normalized spacial score (nSPS) is 13.1. The van der Waals surface area contributed by atoms with Crippen LogP contribution in [-0.2, 0) is 6.18 Å². The zero-order valence-electron chi connectivity index (χ0n) is 10.8. The molecule has 3 nitrogen and oxygen atoms in total. The Balaban J connectivity index is 2.99. The molecule has 0 aliphatic carbocycles. The van der Waals surface area contributed by atoms with E-state index in [4.69, 9.17) is 5.73 Å². The molecule has 1 unspecified atom stereocenters. The van der Waals surface area contributed by atoms with E-state index < -0.39 is 23.3 Å². The number of rotatable bonds is 4. The summed E-state index contributed by atoms with van der Waals surface area (Å²) in [6.45, 7) is 3.76. The van der Waals surface area contributed by atoms with Crippen LogP contribution in [0.25, 0.3) is 0 Å². The van der Waals surface area contributed by atoms with Crippen molar-refractivity contribution in [2.75, 3.05) is 5.73 Å². The van der Waals surface area contributed by atoms with Gasteiger partial charge in [-0.1, -0.05) is 19.4 Å². The van der Waals surface area contributed by atoms with E-state index in [0.29, 0.717) is 0 Å². The summed E-state index contributed by atoms with van der Waals surface area (Å²) in [4.78, 5) is 11.9. The summed E-state index contributed by atoms with van der Waals surface area (Å²) in [5.41, 5.74) is 3.78. The number of hydrogen-bond acceptors (Lipinski definition) is 2. The maximum absolute atomic E-state index is 12.7. The number of carbonyl (C=O) groups excluding carboxylic acids is 1. The molecule has 1 atom stereocenters. The first kappa shape index (κ1) is 15.3. The Labute approximate surface area is 110 Å². The summed E-state index contributed by atoms with van der Waals surface area (Å²) in [6.07, 6.45) is -2.93. The number of nitrogens with one attached hydrogen (secondary N) is 1. The highest BCUT2D eigenvalue weighted by Crippen LogP contribution is 2.34. The van der Waals surface area contributed by atoms with Crippen LogP contribution in [0.5, 0.6) is 0 Å². The molecule has 0 fully saturated rings. The Morgan fingerprint density at radius 1 is 1.42 bits per heavy atom. The summed E-state index contributed by atoms with van der Waals surface area (Å²) in [5, 5.41) is 2.63. The van der Waals surface area contributed by atoms with Gasteiger partial charge in [0.1, 0.15) is 0 Å². The molecule has 0 bridgehead atoms. The Kier molecular flexibility index (Phi) is 4.80. The molecule has 0 heterocycles. The fourth-order valence-corrected chi connectivity index (χ4v) is 1.82. The van der Waals surface area contributed by atoms with E-state index in [9.17, 15) is 18.0 Å². The number of para-hydroxylation sites is 1. The Morgan fingerprint density at radius 2 is 2.05 bits per heavy atom. The average molecular weight is 274 g/mol. The Bertz CT molecular complexity index is 458. The van der Waals surface area contributed by atoms with Gasteiger partial charge in [-0.05, 0) is 25.5 Å². The van der Waals surface area contributed by atoms with Crippen LogP contribution in [0.2, 0.25) is 0 Å². The minimum atomic E-state index is -4.56. The van der Waals surface area contributed by atoms with Gasteiger partial charge in [0, 0.05) is 6.04 Å². The molecule has 6 heteroatoms. The van der Waals surface area contributed by atoms with E-state index in [1.807, 2.05) is 6.92 Å². The lowest BCUT2D eigenvalue weighted by Crippen LogP contribution is -2.33. The van der Waals surface area contributed by atoms with E-state index in [1.165, 1.54) is 12.1 Å². The lowest BCUT2D eigenvalue weighted by molar-refractivity contribution is -0.136. The molecule has 0 aromatic heterocycles. The molecule has 0 aliphatic heterocycles. The van der Waals surface area contributed by atoms with Crippen molar-refractivity contribution >= 4 is 11.6 Å². The maximum atomic E-state index is 12.7. The van der Waals surface area contributed by atoms with Crippen molar-refractivity contribution in [3.8, 4) is 0 Å². The monoisotopic (exact) mass is 274 g/mol. The molecule has 1 aromatic carbocycles. The number of halogens is 3. The first-order valence-corrected chi connectivity index (χ1v) is 6.04. The molecular weight excluding hydrogens is 257 g/mol. The number of benzene rings is 1. The van der Waals surface area contributed by atoms with Crippen molar-refractivity contribution in [3.63, 3.8) is 0 Å².